The van der Waals surface area contributed by atoms with Crippen molar-refractivity contribution >= 4 is 16.8 Å². The zero-order valence-corrected chi connectivity index (χ0v) is 16.9. The molecule has 2 aromatic heterocycles. The smallest absolute Gasteiger partial charge is 0.220 e. The molecule has 5 heteroatoms. The minimum absolute atomic E-state index is 0.0922. The van der Waals surface area contributed by atoms with Gasteiger partial charge in [-0.25, -0.2) is 4.68 Å². The number of H-pyrrole nitrogens is 1. The third-order valence-corrected chi connectivity index (χ3v) is 5.22. The van der Waals surface area contributed by atoms with Crippen molar-refractivity contribution in [2.75, 3.05) is 6.54 Å². The average molecular weight is 386 g/mol. The van der Waals surface area contributed by atoms with Crippen LogP contribution in [0.2, 0.25) is 0 Å². The molecular formula is C24H26N4O. The number of aromatic nitrogens is 3. The minimum Gasteiger partial charge on any atom is -0.361 e. The van der Waals surface area contributed by atoms with Gasteiger partial charge in [0.25, 0.3) is 0 Å². The average Bonchev–Trinajstić information content (AvgIpc) is 3.29. The number of benzene rings is 2. The van der Waals surface area contributed by atoms with E-state index in [0.717, 1.165) is 35.4 Å². The van der Waals surface area contributed by atoms with Crippen LogP contribution in [0.4, 0.5) is 0 Å². The highest BCUT2D eigenvalue weighted by Gasteiger charge is 2.07. The monoisotopic (exact) mass is 386 g/mol. The molecule has 2 N–H and O–H groups in total. The molecule has 1 amide bonds. The summed E-state index contributed by atoms with van der Waals surface area (Å²) in [5.74, 6) is 0.0922. The number of carbonyl (C=O) groups excluding carboxylic acids is 1. The Bertz CT molecular complexity index is 1120. The molecular weight excluding hydrogens is 360 g/mol. The maximum Gasteiger partial charge on any atom is 0.220 e. The number of fused-ring (bicyclic) bond motifs is 1. The lowest BCUT2D eigenvalue weighted by atomic mass is 10.1. The molecule has 0 unspecified atom stereocenters. The number of hydrogen-bond donors (Lipinski definition) is 2. The quantitative estimate of drug-likeness (QED) is 0.498. The molecule has 2 heterocycles. The maximum atomic E-state index is 12.2. The summed E-state index contributed by atoms with van der Waals surface area (Å²) >= 11 is 0. The number of aryl methyl sites for hydroxylation is 3. The van der Waals surface area contributed by atoms with E-state index in [-0.39, 0.29) is 5.91 Å². The Labute approximate surface area is 170 Å². The second kappa shape index (κ2) is 8.35. The van der Waals surface area contributed by atoms with Crippen molar-refractivity contribution in [1.82, 2.24) is 20.1 Å². The molecule has 0 saturated carbocycles. The van der Waals surface area contributed by atoms with Crippen molar-refractivity contribution in [3.63, 3.8) is 0 Å². The maximum absolute atomic E-state index is 12.2. The van der Waals surface area contributed by atoms with Crippen LogP contribution in [-0.4, -0.2) is 27.2 Å². The van der Waals surface area contributed by atoms with Crippen LogP contribution in [0.3, 0.4) is 0 Å². The Morgan fingerprint density at radius 3 is 2.62 bits per heavy atom. The fraction of sp³-hybridized carbons (Fsp3) is 0.250. The summed E-state index contributed by atoms with van der Waals surface area (Å²) in [5.41, 5.74) is 6.70. The lowest BCUT2D eigenvalue weighted by Crippen LogP contribution is -2.25. The molecule has 0 aliphatic carbocycles. The van der Waals surface area contributed by atoms with Crippen LogP contribution in [0.15, 0.2) is 60.8 Å². The molecule has 4 rings (SSSR count). The summed E-state index contributed by atoms with van der Waals surface area (Å²) in [4.78, 5) is 15.5. The largest absolute Gasteiger partial charge is 0.361 e. The van der Waals surface area contributed by atoms with E-state index in [1.165, 1.54) is 16.5 Å². The summed E-state index contributed by atoms with van der Waals surface area (Å²) in [6.07, 6.45) is 4.06. The van der Waals surface area contributed by atoms with Gasteiger partial charge in [-0.15, -0.1) is 0 Å². The van der Waals surface area contributed by atoms with Crippen molar-refractivity contribution in [3.05, 3.63) is 83.3 Å². The van der Waals surface area contributed by atoms with E-state index in [9.17, 15) is 4.79 Å². The van der Waals surface area contributed by atoms with Gasteiger partial charge in [0.05, 0.1) is 11.4 Å². The van der Waals surface area contributed by atoms with E-state index >= 15 is 0 Å². The molecule has 0 aliphatic rings. The van der Waals surface area contributed by atoms with Crippen molar-refractivity contribution in [3.8, 4) is 5.69 Å². The fourth-order valence-corrected chi connectivity index (χ4v) is 3.72. The summed E-state index contributed by atoms with van der Waals surface area (Å²) in [5, 5.41) is 8.74. The van der Waals surface area contributed by atoms with E-state index in [4.69, 9.17) is 0 Å². The first-order valence-corrected chi connectivity index (χ1v) is 10.0. The number of aromatic amines is 1. The van der Waals surface area contributed by atoms with E-state index in [2.05, 4.69) is 64.8 Å². The van der Waals surface area contributed by atoms with Crippen LogP contribution in [0, 0.1) is 13.8 Å². The van der Waals surface area contributed by atoms with Crippen LogP contribution < -0.4 is 5.32 Å². The van der Waals surface area contributed by atoms with Gasteiger partial charge in [-0.2, -0.15) is 5.10 Å². The molecule has 2 aromatic carbocycles. The Morgan fingerprint density at radius 2 is 1.86 bits per heavy atom. The number of para-hydroxylation sites is 1. The second-order valence-corrected chi connectivity index (χ2v) is 7.46. The third-order valence-electron chi connectivity index (χ3n) is 5.22. The molecule has 29 heavy (non-hydrogen) atoms. The van der Waals surface area contributed by atoms with Crippen LogP contribution in [0.1, 0.15) is 28.9 Å². The predicted molar refractivity (Wildman–Crippen MR) is 116 cm³/mol. The van der Waals surface area contributed by atoms with Gasteiger partial charge in [0, 0.05) is 35.8 Å². The van der Waals surface area contributed by atoms with Crippen LogP contribution >= 0.6 is 0 Å². The second-order valence-electron chi connectivity index (χ2n) is 7.46. The molecule has 0 aliphatic heterocycles. The molecule has 0 spiro atoms. The topological polar surface area (TPSA) is 62.7 Å². The van der Waals surface area contributed by atoms with Gasteiger partial charge < -0.3 is 10.3 Å². The summed E-state index contributed by atoms with van der Waals surface area (Å²) in [6.45, 7) is 4.70. The lowest BCUT2D eigenvalue weighted by Gasteiger charge is -2.08. The Kier molecular flexibility index (Phi) is 5.47. The normalized spacial score (nSPS) is 11.1. The number of hydrogen-bond acceptors (Lipinski definition) is 2. The first-order chi connectivity index (χ1) is 14.1. The SMILES string of the molecule is Cc1cc(C)n(-c2ccc(CCNC(=O)CCc3c[nH]c4ccccc34)cc2)n1. The lowest BCUT2D eigenvalue weighted by molar-refractivity contribution is -0.121. The van der Waals surface area contributed by atoms with Gasteiger partial charge in [0.15, 0.2) is 0 Å². The van der Waals surface area contributed by atoms with Gasteiger partial charge in [-0.1, -0.05) is 30.3 Å². The van der Waals surface area contributed by atoms with Crippen molar-refractivity contribution in [2.45, 2.75) is 33.1 Å². The fourth-order valence-electron chi connectivity index (χ4n) is 3.72. The van der Waals surface area contributed by atoms with Crippen LogP contribution in [-0.2, 0) is 17.6 Å². The van der Waals surface area contributed by atoms with E-state index in [1.807, 2.05) is 29.9 Å². The highest BCUT2D eigenvalue weighted by Crippen LogP contribution is 2.19. The van der Waals surface area contributed by atoms with Gasteiger partial charge >= 0.3 is 0 Å². The number of amides is 1. The first kappa shape index (κ1) is 19.0. The molecule has 0 atom stereocenters. The number of rotatable bonds is 7. The molecule has 5 nitrogen and oxygen atoms in total. The number of nitrogens with zero attached hydrogens (tertiary/aromatic N) is 2. The minimum atomic E-state index is 0.0922. The van der Waals surface area contributed by atoms with Gasteiger partial charge in [-0.05, 0) is 62.1 Å². The summed E-state index contributed by atoms with van der Waals surface area (Å²) in [6, 6.07) is 18.6. The molecule has 0 fully saturated rings. The van der Waals surface area contributed by atoms with Crippen molar-refractivity contribution in [2.24, 2.45) is 0 Å². The Hall–Kier alpha value is -3.34. The van der Waals surface area contributed by atoms with Crippen LogP contribution in [0.25, 0.3) is 16.6 Å². The first-order valence-electron chi connectivity index (χ1n) is 10.0. The predicted octanol–water partition coefficient (Wildman–Crippen LogP) is 4.26. The highest BCUT2D eigenvalue weighted by molar-refractivity contribution is 5.84. The molecule has 148 valence electrons. The molecule has 0 radical (unpaired) electrons. The number of nitrogens with one attached hydrogen (secondary N) is 2. The molecule has 4 aromatic rings. The summed E-state index contributed by atoms with van der Waals surface area (Å²) in [7, 11) is 0. The molecule has 0 saturated heterocycles. The third kappa shape index (κ3) is 4.40. The summed E-state index contributed by atoms with van der Waals surface area (Å²) < 4.78 is 1.95. The molecule has 0 bridgehead atoms. The highest BCUT2D eigenvalue weighted by atomic mass is 16.1. The van der Waals surface area contributed by atoms with Gasteiger partial charge in [0.1, 0.15) is 0 Å². The van der Waals surface area contributed by atoms with E-state index in [0.29, 0.717) is 13.0 Å². The van der Waals surface area contributed by atoms with E-state index in [1.54, 1.807) is 0 Å². The van der Waals surface area contributed by atoms with E-state index < -0.39 is 0 Å². The van der Waals surface area contributed by atoms with Crippen molar-refractivity contribution < 1.29 is 4.79 Å². The standard InChI is InChI=1S/C24H26N4O/c1-17-15-18(2)28(27-17)21-10-7-19(8-11-21)13-14-25-24(29)12-9-20-16-26-23-6-4-3-5-22(20)23/h3-8,10-11,15-16,26H,9,12-14H2,1-2H3,(H,25,29). The zero-order chi connectivity index (χ0) is 20.2. The van der Waals surface area contributed by atoms with Gasteiger partial charge in [-0.3, -0.25) is 4.79 Å². The zero-order valence-electron chi connectivity index (χ0n) is 16.9. The van der Waals surface area contributed by atoms with Gasteiger partial charge in [0.2, 0.25) is 5.91 Å². The number of carbonyl (C=O) groups is 1. The van der Waals surface area contributed by atoms with Crippen molar-refractivity contribution in [1.29, 1.82) is 0 Å². The Balaban J connectivity index is 1.25. The van der Waals surface area contributed by atoms with Crippen LogP contribution in [0.5, 0.6) is 0 Å². The Morgan fingerprint density at radius 1 is 1.07 bits per heavy atom.